The van der Waals surface area contributed by atoms with Crippen LogP contribution in [-0.2, 0) is 0 Å². The summed E-state index contributed by atoms with van der Waals surface area (Å²) in [6.07, 6.45) is 11.4. The molecule has 2 rings (SSSR count). The second kappa shape index (κ2) is 3.48. The summed E-state index contributed by atoms with van der Waals surface area (Å²) in [5, 5.41) is 0. The summed E-state index contributed by atoms with van der Waals surface area (Å²) in [5.74, 6) is 1.90. The molecule has 1 aromatic rings. The third-order valence-electron chi connectivity index (χ3n) is 2.00. The van der Waals surface area contributed by atoms with Crippen molar-refractivity contribution >= 4 is 6.08 Å². The van der Waals surface area contributed by atoms with Crippen molar-refractivity contribution in [2.45, 2.75) is 13.3 Å². The third-order valence-corrected chi connectivity index (χ3v) is 2.00. The number of allylic oxidation sites excluding steroid dienone is 5. The molecule has 0 aromatic carbocycles. The minimum Gasteiger partial charge on any atom is -0.462 e. The fourth-order valence-electron chi connectivity index (χ4n) is 1.35. The van der Waals surface area contributed by atoms with Gasteiger partial charge in [0.1, 0.15) is 11.5 Å². The summed E-state index contributed by atoms with van der Waals surface area (Å²) < 4.78 is 5.45. The molecular formula is C12H12O. The van der Waals surface area contributed by atoms with Gasteiger partial charge in [0.15, 0.2) is 0 Å². The Morgan fingerprint density at radius 1 is 1.31 bits per heavy atom. The molecule has 0 unspecified atom stereocenters. The lowest BCUT2D eigenvalue weighted by molar-refractivity contribution is 0.524. The molecule has 66 valence electrons. The van der Waals surface area contributed by atoms with E-state index in [4.69, 9.17) is 4.42 Å². The molecule has 0 atom stereocenters. The Morgan fingerprint density at radius 3 is 2.85 bits per heavy atom. The van der Waals surface area contributed by atoms with Crippen LogP contribution in [0.1, 0.15) is 17.9 Å². The largest absolute Gasteiger partial charge is 0.462 e. The van der Waals surface area contributed by atoms with Gasteiger partial charge < -0.3 is 4.42 Å². The van der Waals surface area contributed by atoms with Gasteiger partial charge in [-0.1, -0.05) is 24.3 Å². The topological polar surface area (TPSA) is 13.1 Å². The Hall–Kier alpha value is -1.50. The van der Waals surface area contributed by atoms with Crippen LogP contribution >= 0.6 is 0 Å². The molecular weight excluding hydrogens is 160 g/mol. The summed E-state index contributed by atoms with van der Waals surface area (Å²) in [6.45, 7) is 1.96. The highest BCUT2D eigenvalue weighted by Gasteiger charge is 1.97. The molecule has 1 heterocycles. The van der Waals surface area contributed by atoms with E-state index in [0.29, 0.717) is 0 Å². The van der Waals surface area contributed by atoms with Crippen LogP contribution in [-0.4, -0.2) is 0 Å². The van der Waals surface area contributed by atoms with Gasteiger partial charge in [-0.3, -0.25) is 0 Å². The molecule has 13 heavy (non-hydrogen) atoms. The first-order valence-electron chi connectivity index (χ1n) is 4.45. The molecule has 1 aliphatic carbocycles. The van der Waals surface area contributed by atoms with E-state index in [1.807, 2.05) is 25.1 Å². The van der Waals surface area contributed by atoms with Gasteiger partial charge in [-0.05, 0) is 37.1 Å². The zero-order valence-electron chi connectivity index (χ0n) is 7.66. The standard InChI is InChI=1S/C12H12O/c1-10-7-8-12(13-10)9-11-5-3-2-4-6-11/h2-5,7-9H,6H2,1H3. The molecule has 0 N–H and O–H groups in total. The molecule has 0 amide bonds. The Kier molecular flexibility index (Phi) is 2.17. The molecule has 0 saturated carbocycles. The first-order valence-corrected chi connectivity index (χ1v) is 4.45. The summed E-state index contributed by atoms with van der Waals surface area (Å²) in [7, 11) is 0. The van der Waals surface area contributed by atoms with Crippen molar-refractivity contribution in [1.29, 1.82) is 0 Å². The highest BCUT2D eigenvalue weighted by atomic mass is 16.3. The van der Waals surface area contributed by atoms with Gasteiger partial charge in [-0.15, -0.1) is 0 Å². The van der Waals surface area contributed by atoms with Crippen LogP contribution < -0.4 is 0 Å². The Bertz CT molecular complexity index is 378. The fourth-order valence-corrected chi connectivity index (χ4v) is 1.35. The maximum atomic E-state index is 5.45. The predicted molar refractivity (Wildman–Crippen MR) is 54.3 cm³/mol. The van der Waals surface area contributed by atoms with Crippen molar-refractivity contribution in [3.63, 3.8) is 0 Å². The summed E-state index contributed by atoms with van der Waals surface area (Å²) >= 11 is 0. The number of rotatable bonds is 1. The normalized spacial score (nSPS) is 18.4. The maximum Gasteiger partial charge on any atom is 0.127 e. The number of furan rings is 1. The van der Waals surface area contributed by atoms with Crippen LogP contribution in [0.25, 0.3) is 6.08 Å². The molecule has 0 radical (unpaired) electrons. The molecule has 0 saturated heterocycles. The van der Waals surface area contributed by atoms with Gasteiger partial charge in [0.2, 0.25) is 0 Å². The zero-order valence-corrected chi connectivity index (χ0v) is 7.66. The van der Waals surface area contributed by atoms with E-state index in [0.717, 1.165) is 17.9 Å². The van der Waals surface area contributed by atoms with E-state index < -0.39 is 0 Å². The number of aryl methyl sites for hydroxylation is 1. The van der Waals surface area contributed by atoms with E-state index >= 15 is 0 Å². The van der Waals surface area contributed by atoms with Gasteiger partial charge in [-0.2, -0.15) is 0 Å². The van der Waals surface area contributed by atoms with Gasteiger partial charge in [0.25, 0.3) is 0 Å². The zero-order chi connectivity index (χ0) is 9.10. The van der Waals surface area contributed by atoms with E-state index in [1.165, 1.54) is 5.57 Å². The first-order chi connectivity index (χ1) is 6.34. The maximum absolute atomic E-state index is 5.45. The lowest BCUT2D eigenvalue weighted by atomic mass is 10.1. The number of hydrogen-bond donors (Lipinski definition) is 0. The second-order valence-corrected chi connectivity index (χ2v) is 3.16. The number of hydrogen-bond acceptors (Lipinski definition) is 1. The molecule has 0 fully saturated rings. The van der Waals surface area contributed by atoms with E-state index in [2.05, 4.69) is 24.3 Å². The molecule has 1 aliphatic rings. The van der Waals surface area contributed by atoms with Crippen LogP contribution in [0, 0.1) is 6.92 Å². The van der Waals surface area contributed by atoms with Crippen molar-refractivity contribution in [2.24, 2.45) is 0 Å². The minimum atomic E-state index is 0.937. The molecule has 0 bridgehead atoms. The summed E-state index contributed by atoms with van der Waals surface area (Å²) in [5.41, 5.74) is 1.29. The van der Waals surface area contributed by atoms with Crippen LogP contribution in [0.4, 0.5) is 0 Å². The lowest BCUT2D eigenvalue weighted by Crippen LogP contribution is -1.79. The highest BCUT2D eigenvalue weighted by molar-refractivity contribution is 5.53. The first kappa shape index (κ1) is 8.11. The Morgan fingerprint density at radius 2 is 2.23 bits per heavy atom. The van der Waals surface area contributed by atoms with Crippen LogP contribution in [0.2, 0.25) is 0 Å². The Labute approximate surface area is 78.1 Å². The smallest absolute Gasteiger partial charge is 0.127 e. The van der Waals surface area contributed by atoms with Crippen molar-refractivity contribution in [1.82, 2.24) is 0 Å². The van der Waals surface area contributed by atoms with Gasteiger partial charge in [0.05, 0.1) is 0 Å². The quantitative estimate of drug-likeness (QED) is 0.632. The SMILES string of the molecule is Cc1ccc(C=C2C=CC=CC2)o1. The molecule has 1 aromatic heterocycles. The van der Waals surface area contributed by atoms with Gasteiger partial charge >= 0.3 is 0 Å². The predicted octanol–water partition coefficient (Wildman–Crippen LogP) is 3.49. The van der Waals surface area contributed by atoms with Crippen molar-refractivity contribution < 1.29 is 4.42 Å². The minimum absolute atomic E-state index is 0.937. The van der Waals surface area contributed by atoms with Crippen molar-refractivity contribution in [3.05, 3.63) is 53.5 Å². The van der Waals surface area contributed by atoms with Crippen molar-refractivity contribution in [2.75, 3.05) is 0 Å². The van der Waals surface area contributed by atoms with Crippen LogP contribution in [0.3, 0.4) is 0 Å². The van der Waals surface area contributed by atoms with Crippen LogP contribution in [0.5, 0.6) is 0 Å². The average Bonchev–Trinajstić information content (AvgIpc) is 2.53. The second-order valence-electron chi connectivity index (χ2n) is 3.16. The van der Waals surface area contributed by atoms with E-state index in [-0.39, 0.29) is 0 Å². The molecule has 0 spiro atoms. The van der Waals surface area contributed by atoms with E-state index in [1.54, 1.807) is 0 Å². The summed E-state index contributed by atoms with van der Waals surface area (Å²) in [6, 6.07) is 3.98. The lowest BCUT2D eigenvalue weighted by Gasteiger charge is -1.99. The molecule has 1 nitrogen and oxygen atoms in total. The van der Waals surface area contributed by atoms with Crippen molar-refractivity contribution in [3.8, 4) is 0 Å². The summed E-state index contributed by atoms with van der Waals surface area (Å²) in [4.78, 5) is 0. The Balaban J connectivity index is 2.20. The van der Waals surface area contributed by atoms with Gasteiger partial charge in [0, 0.05) is 0 Å². The average molecular weight is 172 g/mol. The van der Waals surface area contributed by atoms with Gasteiger partial charge in [-0.25, -0.2) is 0 Å². The molecule has 0 aliphatic heterocycles. The fraction of sp³-hybridized carbons (Fsp3) is 0.167. The monoisotopic (exact) mass is 172 g/mol. The van der Waals surface area contributed by atoms with E-state index in [9.17, 15) is 0 Å². The van der Waals surface area contributed by atoms with Crippen LogP contribution in [0.15, 0.2) is 46.4 Å². The molecule has 1 heteroatoms. The highest BCUT2D eigenvalue weighted by Crippen LogP contribution is 2.16. The third kappa shape index (κ3) is 2.00.